The third-order valence-electron chi connectivity index (χ3n) is 6.54. The van der Waals surface area contributed by atoms with Crippen molar-refractivity contribution in [2.45, 2.75) is 6.92 Å². The molecule has 0 fully saturated rings. The molecular weight excluding hydrogens is 421 g/mol. The van der Waals surface area contributed by atoms with E-state index >= 15 is 4.39 Å². The van der Waals surface area contributed by atoms with Crippen molar-refractivity contribution in [3.8, 4) is 33.5 Å². The van der Waals surface area contributed by atoms with Gasteiger partial charge in [-0.2, -0.15) is 0 Å². The molecule has 0 aliphatic rings. The van der Waals surface area contributed by atoms with Crippen LogP contribution in [0.15, 0.2) is 108 Å². The third kappa shape index (κ3) is 3.29. The molecule has 0 aliphatic heterocycles. The van der Waals surface area contributed by atoms with Gasteiger partial charge in [-0.05, 0) is 52.9 Å². The summed E-state index contributed by atoms with van der Waals surface area (Å²) in [5.74, 6) is -0.350. The molecule has 0 saturated heterocycles. The molecule has 6 aromatic rings. The summed E-state index contributed by atoms with van der Waals surface area (Å²) in [6.07, 6.45) is 2.01. The van der Waals surface area contributed by atoms with Crippen LogP contribution in [0, 0.1) is 12.7 Å². The summed E-state index contributed by atoms with van der Waals surface area (Å²) in [4.78, 5) is 0. The predicted molar refractivity (Wildman–Crippen MR) is 136 cm³/mol. The minimum Gasteiger partial charge on any atom is -0.452 e. The van der Waals surface area contributed by atoms with Crippen LogP contribution in [0.3, 0.4) is 0 Å². The van der Waals surface area contributed by atoms with E-state index < -0.39 is 0 Å². The second-order valence-corrected chi connectivity index (χ2v) is 8.71. The van der Waals surface area contributed by atoms with Crippen molar-refractivity contribution < 1.29 is 13.4 Å². The molecule has 0 radical (unpaired) electrons. The van der Waals surface area contributed by atoms with Gasteiger partial charge in [0.1, 0.15) is 12.6 Å². The Hall–Kier alpha value is -4.24. The van der Waals surface area contributed by atoms with E-state index in [1.54, 1.807) is 6.07 Å². The number of hydrogen-bond donors (Lipinski definition) is 0. The molecule has 0 aliphatic carbocycles. The highest BCUT2D eigenvalue weighted by Gasteiger charge is 2.22. The third-order valence-corrected chi connectivity index (χ3v) is 6.54. The maximum atomic E-state index is 15.3. The van der Waals surface area contributed by atoms with Crippen LogP contribution in [-0.4, -0.2) is 0 Å². The normalized spacial score (nSPS) is 11.4. The number of aromatic nitrogens is 1. The van der Waals surface area contributed by atoms with Gasteiger partial charge in [-0.15, -0.1) is 0 Å². The van der Waals surface area contributed by atoms with E-state index in [0.29, 0.717) is 11.2 Å². The van der Waals surface area contributed by atoms with E-state index in [0.717, 1.165) is 49.8 Å². The number of hydrogen-bond acceptors (Lipinski definition) is 1. The maximum absolute atomic E-state index is 15.3. The number of furan rings is 1. The van der Waals surface area contributed by atoms with Gasteiger partial charge in [0.15, 0.2) is 17.6 Å². The van der Waals surface area contributed by atoms with Crippen LogP contribution < -0.4 is 4.57 Å². The van der Waals surface area contributed by atoms with Gasteiger partial charge in [-0.3, -0.25) is 0 Å². The standard InChI is InChI=1S/C31H23FNO/c1-20-11-16-25-26-18-24(23-14-12-22(13-15-23)21-8-4-3-5-9-21)19-27(32)30(26)34-31(25)29(20)28-10-6-7-17-33(28)2/h3-19H,1-2H3/q+1. The average Bonchev–Trinajstić information content (AvgIpc) is 3.24. The molecule has 0 unspecified atom stereocenters. The summed E-state index contributed by atoms with van der Waals surface area (Å²) in [5.41, 5.74) is 8.22. The van der Waals surface area contributed by atoms with Crippen LogP contribution in [0.4, 0.5) is 4.39 Å². The van der Waals surface area contributed by atoms with Crippen molar-refractivity contribution in [3.63, 3.8) is 0 Å². The summed E-state index contributed by atoms with van der Waals surface area (Å²) < 4.78 is 23.6. The van der Waals surface area contributed by atoms with Gasteiger partial charge < -0.3 is 4.42 Å². The molecule has 164 valence electrons. The summed E-state index contributed by atoms with van der Waals surface area (Å²) in [5, 5.41) is 1.71. The minimum absolute atomic E-state index is 0.296. The first-order valence-electron chi connectivity index (χ1n) is 11.4. The van der Waals surface area contributed by atoms with Crippen molar-refractivity contribution in [2.75, 3.05) is 0 Å². The maximum Gasteiger partial charge on any atom is 0.216 e. The van der Waals surface area contributed by atoms with Crippen molar-refractivity contribution >= 4 is 21.9 Å². The summed E-state index contributed by atoms with van der Waals surface area (Å²) in [7, 11) is 2.01. The van der Waals surface area contributed by atoms with Crippen molar-refractivity contribution in [1.82, 2.24) is 0 Å². The highest BCUT2D eigenvalue weighted by atomic mass is 19.1. The van der Waals surface area contributed by atoms with Gasteiger partial charge in [0, 0.05) is 22.9 Å². The highest BCUT2D eigenvalue weighted by Crippen LogP contribution is 2.39. The van der Waals surface area contributed by atoms with E-state index in [2.05, 4.69) is 47.9 Å². The Morgan fingerprint density at radius 3 is 2.06 bits per heavy atom. The van der Waals surface area contributed by atoms with Crippen LogP contribution in [0.25, 0.3) is 55.4 Å². The predicted octanol–water partition coefficient (Wildman–Crippen LogP) is 7.86. The molecule has 6 rings (SSSR count). The van der Waals surface area contributed by atoms with Crippen LogP contribution in [0.2, 0.25) is 0 Å². The molecular formula is C31H23FNO+. The number of pyridine rings is 1. The Bertz CT molecular complexity index is 1660. The molecule has 2 nitrogen and oxygen atoms in total. The van der Waals surface area contributed by atoms with Gasteiger partial charge in [0.25, 0.3) is 0 Å². The van der Waals surface area contributed by atoms with E-state index in [4.69, 9.17) is 4.42 Å². The number of halogens is 1. The van der Waals surface area contributed by atoms with E-state index in [-0.39, 0.29) is 5.82 Å². The molecule has 2 aromatic heterocycles. The Morgan fingerprint density at radius 2 is 1.32 bits per heavy atom. The van der Waals surface area contributed by atoms with Gasteiger partial charge in [-0.1, -0.05) is 66.7 Å². The first-order valence-corrected chi connectivity index (χ1v) is 11.4. The molecule has 0 saturated carbocycles. The molecule has 3 heteroatoms. The fraction of sp³-hybridized carbons (Fsp3) is 0.0645. The van der Waals surface area contributed by atoms with Gasteiger partial charge >= 0.3 is 0 Å². The zero-order valence-corrected chi connectivity index (χ0v) is 19.0. The van der Waals surface area contributed by atoms with Gasteiger partial charge in [0.05, 0.1) is 5.56 Å². The Labute approximate surface area is 197 Å². The minimum atomic E-state index is -0.350. The Balaban J connectivity index is 1.52. The Kier molecular flexibility index (Phi) is 4.77. The number of aryl methyl sites for hydroxylation is 2. The molecule has 2 heterocycles. The number of benzene rings is 4. The first kappa shape index (κ1) is 20.4. The van der Waals surface area contributed by atoms with Crippen LogP contribution >= 0.6 is 0 Å². The quantitative estimate of drug-likeness (QED) is 0.254. The van der Waals surface area contributed by atoms with E-state index in [1.807, 2.05) is 67.8 Å². The van der Waals surface area contributed by atoms with Crippen molar-refractivity contribution in [2.24, 2.45) is 7.05 Å². The number of fused-ring (bicyclic) bond motifs is 3. The summed E-state index contributed by atoms with van der Waals surface area (Å²) in [6, 6.07) is 32.3. The summed E-state index contributed by atoms with van der Waals surface area (Å²) in [6.45, 7) is 2.06. The average molecular weight is 445 g/mol. The van der Waals surface area contributed by atoms with E-state index in [1.165, 1.54) is 0 Å². The smallest absolute Gasteiger partial charge is 0.216 e. The topological polar surface area (TPSA) is 17.0 Å². The molecule has 0 amide bonds. The molecule has 0 bridgehead atoms. The van der Waals surface area contributed by atoms with Crippen LogP contribution in [0.1, 0.15) is 5.56 Å². The van der Waals surface area contributed by atoms with Gasteiger partial charge in [0.2, 0.25) is 5.69 Å². The van der Waals surface area contributed by atoms with Crippen LogP contribution in [0.5, 0.6) is 0 Å². The van der Waals surface area contributed by atoms with Crippen molar-refractivity contribution in [1.29, 1.82) is 0 Å². The number of rotatable bonds is 3. The lowest BCUT2D eigenvalue weighted by Crippen LogP contribution is -2.30. The number of nitrogens with zero attached hydrogens (tertiary/aromatic N) is 1. The van der Waals surface area contributed by atoms with Crippen LogP contribution in [-0.2, 0) is 7.05 Å². The SMILES string of the molecule is Cc1ccc2c(oc3c(F)cc(-c4ccc(-c5ccccc5)cc4)cc32)c1-c1cccc[n+]1C. The fourth-order valence-corrected chi connectivity index (χ4v) is 4.75. The molecule has 4 aromatic carbocycles. The Morgan fingerprint density at radius 1 is 0.647 bits per heavy atom. The fourth-order valence-electron chi connectivity index (χ4n) is 4.75. The lowest BCUT2D eigenvalue weighted by atomic mass is 9.97. The molecule has 0 spiro atoms. The zero-order chi connectivity index (χ0) is 23.2. The lowest BCUT2D eigenvalue weighted by Gasteiger charge is -2.06. The highest BCUT2D eigenvalue weighted by molar-refractivity contribution is 6.11. The first-order chi connectivity index (χ1) is 16.6. The van der Waals surface area contributed by atoms with Crippen molar-refractivity contribution in [3.05, 3.63) is 115 Å². The summed E-state index contributed by atoms with van der Waals surface area (Å²) >= 11 is 0. The van der Waals surface area contributed by atoms with Gasteiger partial charge in [-0.25, -0.2) is 8.96 Å². The van der Waals surface area contributed by atoms with E-state index in [9.17, 15) is 0 Å². The molecule has 0 atom stereocenters. The second-order valence-electron chi connectivity index (χ2n) is 8.71. The zero-order valence-electron chi connectivity index (χ0n) is 19.0. The largest absolute Gasteiger partial charge is 0.452 e. The molecule has 0 N–H and O–H groups in total. The lowest BCUT2D eigenvalue weighted by molar-refractivity contribution is -0.660. The monoisotopic (exact) mass is 444 g/mol. The second kappa shape index (κ2) is 7.96. The molecule has 34 heavy (non-hydrogen) atoms.